The van der Waals surface area contributed by atoms with Crippen molar-refractivity contribution >= 4 is 11.9 Å². The van der Waals surface area contributed by atoms with Gasteiger partial charge in [-0.2, -0.15) is 0 Å². The quantitative estimate of drug-likeness (QED) is 0.0245. The van der Waals surface area contributed by atoms with E-state index in [4.69, 9.17) is 4.74 Å². The Morgan fingerprint density at radius 2 is 0.938 bits per heavy atom. The summed E-state index contributed by atoms with van der Waals surface area (Å²) >= 11 is 0. The van der Waals surface area contributed by atoms with Crippen molar-refractivity contribution in [2.45, 2.75) is 251 Å². The first-order chi connectivity index (χ1) is 31.5. The van der Waals surface area contributed by atoms with E-state index >= 15 is 0 Å². The fourth-order valence-corrected chi connectivity index (χ4v) is 7.62. The van der Waals surface area contributed by atoms with E-state index in [1.807, 2.05) is 60.8 Å². The summed E-state index contributed by atoms with van der Waals surface area (Å²) < 4.78 is 5.90. The van der Waals surface area contributed by atoms with Gasteiger partial charge in [-0.05, 0) is 64.2 Å². The van der Waals surface area contributed by atoms with E-state index in [0.29, 0.717) is 19.3 Å². The van der Waals surface area contributed by atoms with Crippen LogP contribution in [0.3, 0.4) is 0 Å². The van der Waals surface area contributed by atoms with Gasteiger partial charge in [-0.3, -0.25) is 9.59 Å². The summed E-state index contributed by atoms with van der Waals surface area (Å²) in [6.07, 6.45) is 67.6. The highest BCUT2D eigenvalue weighted by Crippen LogP contribution is 2.17. The molecule has 3 N–H and O–H groups in total. The maximum absolute atomic E-state index is 13.2. The molecule has 64 heavy (non-hydrogen) atoms. The molecule has 0 aliphatic carbocycles. The molecule has 0 bridgehead atoms. The van der Waals surface area contributed by atoms with Gasteiger partial charge in [-0.15, -0.1) is 0 Å². The Kier molecular flexibility index (Phi) is 48.2. The van der Waals surface area contributed by atoms with Crippen LogP contribution in [0, 0.1) is 0 Å². The van der Waals surface area contributed by atoms with Crippen LogP contribution in [0.15, 0.2) is 97.2 Å². The number of aliphatic hydroxyl groups is 2. The van der Waals surface area contributed by atoms with E-state index in [1.54, 1.807) is 0 Å². The van der Waals surface area contributed by atoms with E-state index in [1.165, 1.54) is 109 Å². The fourth-order valence-electron chi connectivity index (χ4n) is 7.62. The van der Waals surface area contributed by atoms with E-state index < -0.39 is 18.2 Å². The van der Waals surface area contributed by atoms with E-state index in [-0.39, 0.29) is 24.9 Å². The van der Waals surface area contributed by atoms with E-state index in [0.717, 1.165) is 77.0 Å². The summed E-state index contributed by atoms with van der Waals surface area (Å²) in [5, 5.41) is 23.8. The van der Waals surface area contributed by atoms with Gasteiger partial charge in [0.1, 0.15) is 6.10 Å². The van der Waals surface area contributed by atoms with E-state index in [9.17, 15) is 19.8 Å². The molecule has 0 aliphatic rings. The third kappa shape index (κ3) is 45.4. The number of unbranched alkanes of at least 4 members (excludes halogenated alkanes) is 23. The van der Waals surface area contributed by atoms with Gasteiger partial charge >= 0.3 is 5.97 Å². The standard InChI is InChI=1S/C58H99NO5/c1-4-7-10-13-16-19-22-25-28-30-32-35-38-41-44-47-50-56(61)55(53-60)59-57(62)52-54(49-46-43-40-37-34-31-29-26-23-20-17-14-11-8-5-2)64-58(63)51-48-45-42-39-36-33-27-24-21-18-15-12-9-6-3/h8-9,11-12,14,17-18,20-21,23,26,29,31,34,37,40,54-56,60-61H,4-7,10,13,15-16,19,22,24-25,27-28,30,32-33,35-36,38-39,41-53H2,1-3H3,(H,59,62)/b11-8-,12-9+,17-14+,21-18+,23-20+,29-26-,34-31+,40-37+. The molecule has 0 fully saturated rings. The number of amides is 1. The Balaban J connectivity index is 4.70. The maximum Gasteiger partial charge on any atom is 0.306 e. The molecule has 366 valence electrons. The lowest BCUT2D eigenvalue weighted by Crippen LogP contribution is -2.46. The minimum atomic E-state index is -0.815. The highest BCUT2D eigenvalue weighted by atomic mass is 16.5. The van der Waals surface area contributed by atoms with E-state index in [2.05, 4.69) is 62.5 Å². The van der Waals surface area contributed by atoms with Gasteiger partial charge in [0.2, 0.25) is 5.91 Å². The van der Waals surface area contributed by atoms with Crippen LogP contribution in [0.25, 0.3) is 0 Å². The molecular weight excluding hydrogens is 791 g/mol. The van der Waals surface area contributed by atoms with Crippen molar-refractivity contribution in [3.63, 3.8) is 0 Å². The fraction of sp³-hybridized carbons (Fsp3) is 0.690. The Labute approximate surface area is 395 Å². The predicted octanol–water partition coefficient (Wildman–Crippen LogP) is 16.1. The first-order valence-corrected chi connectivity index (χ1v) is 26.5. The number of esters is 1. The van der Waals surface area contributed by atoms with Crippen LogP contribution in [-0.4, -0.2) is 46.9 Å². The van der Waals surface area contributed by atoms with Crippen molar-refractivity contribution in [2.75, 3.05) is 6.61 Å². The highest BCUT2D eigenvalue weighted by Gasteiger charge is 2.24. The van der Waals surface area contributed by atoms with Gasteiger partial charge in [-0.1, -0.05) is 253 Å². The van der Waals surface area contributed by atoms with Crippen molar-refractivity contribution in [3.8, 4) is 0 Å². The topological polar surface area (TPSA) is 95.9 Å². The van der Waals surface area contributed by atoms with Gasteiger partial charge in [0.05, 0.1) is 25.2 Å². The van der Waals surface area contributed by atoms with Crippen molar-refractivity contribution in [2.24, 2.45) is 0 Å². The number of hydrogen-bond acceptors (Lipinski definition) is 5. The van der Waals surface area contributed by atoms with Gasteiger partial charge in [0, 0.05) is 6.42 Å². The van der Waals surface area contributed by atoms with Crippen molar-refractivity contribution in [1.82, 2.24) is 5.32 Å². The molecule has 0 aliphatic heterocycles. The zero-order chi connectivity index (χ0) is 46.7. The summed E-state index contributed by atoms with van der Waals surface area (Å²) in [7, 11) is 0. The lowest BCUT2D eigenvalue weighted by molar-refractivity contribution is -0.151. The molecule has 0 aromatic heterocycles. The lowest BCUT2D eigenvalue weighted by Gasteiger charge is -2.24. The maximum atomic E-state index is 13.2. The zero-order valence-corrected chi connectivity index (χ0v) is 41.6. The summed E-state index contributed by atoms with van der Waals surface area (Å²) in [5.41, 5.74) is 0. The second kappa shape index (κ2) is 50.8. The molecule has 0 spiro atoms. The highest BCUT2D eigenvalue weighted by molar-refractivity contribution is 5.77. The molecule has 0 rings (SSSR count). The van der Waals surface area contributed by atoms with Gasteiger partial charge in [0.15, 0.2) is 0 Å². The first kappa shape index (κ1) is 60.8. The summed E-state index contributed by atoms with van der Waals surface area (Å²) in [6.45, 7) is 6.21. The van der Waals surface area contributed by atoms with Gasteiger partial charge in [-0.25, -0.2) is 0 Å². The van der Waals surface area contributed by atoms with Crippen molar-refractivity contribution in [1.29, 1.82) is 0 Å². The smallest absolute Gasteiger partial charge is 0.306 e. The van der Waals surface area contributed by atoms with Crippen LogP contribution >= 0.6 is 0 Å². The number of carbonyl (C=O) groups is 2. The average Bonchev–Trinajstić information content (AvgIpc) is 3.29. The van der Waals surface area contributed by atoms with Crippen LogP contribution in [-0.2, 0) is 14.3 Å². The minimum Gasteiger partial charge on any atom is -0.462 e. The molecule has 0 aromatic rings. The minimum absolute atomic E-state index is 0.0185. The molecule has 0 saturated carbocycles. The Hall–Kier alpha value is -3.22. The molecule has 3 unspecified atom stereocenters. The number of rotatable bonds is 46. The number of nitrogens with one attached hydrogen (secondary N) is 1. The molecular formula is C58H99NO5. The second-order valence-corrected chi connectivity index (χ2v) is 17.7. The molecule has 6 heteroatoms. The number of carbonyl (C=O) groups excluding carboxylic acids is 2. The third-order valence-electron chi connectivity index (χ3n) is 11.6. The van der Waals surface area contributed by atoms with Gasteiger partial charge in [0.25, 0.3) is 0 Å². The molecule has 0 radical (unpaired) electrons. The van der Waals surface area contributed by atoms with Gasteiger partial charge < -0.3 is 20.3 Å². The third-order valence-corrected chi connectivity index (χ3v) is 11.6. The normalized spacial score (nSPS) is 14.0. The van der Waals surface area contributed by atoms with Crippen LogP contribution in [0.5, 0.6) is 0 Å². The SMILES string of the molecule is CC\C=C/C=C/C=C/C=C\C=C\C=C\CCCC(CC(=O)NC(CO)C(O)CCCCCCCCCCCCCCCCCC)OC(=O)CCCCCCCCC/C=C/C/C=C/CC. The average molecular weight is 890 g/mol. The molecule has 6 nitrogen and oxygen atoms in total. The summed E-state index contributed by atoms with van der Waals surface area (Å²) in [5.74, 6) is -0.563. The summed E-state index contributed by atoms with van der Waals surface area (Å²) in [4.78, 5) is 26.2. The first-order valence-electron chi connectivity index (χ1n) is 26.5. The zero-order valence-electron chi connectivity index (χ0n) is 41.6. The predicted molar refractivity (Wildman–Crippen MR) is 277 cm³/mol. The Morgan fingerprint density at radius 3 is 1.47 bits per heavy atom. The molecule has 3 atom stereocenters. The Morgan fingerprint density at radius 1 is 0.484 bits per heavy atom. The summed E-state index contributed by atoms with van der Waals surface area (Å²) in [6, 6.07) is -0.733. The lowest BCUT2D eigenvalue weighted by atomic mass is 10.0. The molecule has 0 heterocycles. The van der Waals surface area contributed by atoms with Crippen LogP contribution < -0.4 is 5.32 Å². The monoisotopic (exact) mass is 890 g/mol. The van der Waals surface area contributed by atoms with Crippen LogP contribution in [0.2, 0.25) is 0 Å². The second-order valence-electron chi connectivity index (χ2n) is 17.7. The van der Waals surface area contributed by atoms with Crippen LogP contribution in [0.1, 0.15) is 233 Å². The number of hydrogen-bond donors (Lipinski definition) is 3. The molecule has 0 aromatic carbocycles. The molecule has 0 saturated heterocycles. The number of allylic oxidation sites excluding steroid dienone is 16. The van der Waals surface area contributed by atoms with Crippen LogP contribution in [0.4, 0.5) is 0 Å². The van der Waals surface area contributed by atoms with Crippen molar-refractivity contribution in [3.05, 3.63) is 97.2 Å². The Bertz CT molecular complexity index is 1270. The largest absolute Gasteiger partial charge is 0.462 e. The number of aliphatic hydroxyl groups excluding tert-OH is 2. The number of ether oxygens (including phenoxy) is 1. The van der Waals surface area contributed by atoms with Crippen molar-refractivity contribution < 1.29 is 24.5 Å². The molecule has 1 amide bonds.